The van der Waals surface area contributed by atoms with E-state index in [1.807, 2.05) is 12.1 Å². The molecule has 0 radical (unpaired) electrons. The summed E-state index contributed by atoms with van der Waals surface area (Å²) in [6.07, 6.45) is 0.0480. The second-order valence-electron chi connectivity index (χ2n) is 4.39. The fourth-order valence-corrected chi connectivity index (χ4v) is 2.74. The van der Waals surface area contributed by atoms with E-state index in [0.717, 1.165) is 16.9 Å². The first-order valence-corrected chi connectivity index (χ1v) is 7.34. The summed E-state index contributed by atoms with van der Waals surface area (Å²) in [6, 6.07) is 7.15. The molecule has 0 bridgehead atoms. The highest BCUT2D eigenvalue weighted by molar-refractivity contribution is 7.13. The first-order valence-electron chi connectivity index (χ1n) is 6.14. The monoisotopic (exact) mass is 323 g/mol. The summed E-state index contributed by atoms with van der Waals surface area (Å²) in [4.78, 5) is 26.7. The highest BCUT2D eigenvalue weighted by atomic mass is 35.5. The predicted octanol–water partition coefficient (Wildman–Crippen LogP) is 1.33. The largest absolute Gasteiger partial charge is 0.544 e. The zero-order chi connectivity index (χ0) is 15.4. The number of aromatic carboxylic acids is 1. The van der Waals surface area contributed by atoms with Crippen LogP contribution in [0.1, 0.15) is 25.9 Å². The topological polar surface area (TPSA) is 82.1 Å². The molecule has 2 aromatic rings. The number of halogens is 1. The number of carbonyl (C=O) groups is 2. The van der Waals surface area contributed by atoms with Gasteiger partial charge in [-0.15, -0.1) is 11.3 Å². The third-order valence-corrected chi connectivity index (χ3v) is 4.13. The van der Waals surface area contributed by atoms with Gasteiger partial charge in [0.25, 0.3) is 0 Å². The number of carboxylic acids is 1. The number of nitrogens with one attached hydrogen (secondary N) is 1. The van der Waals surface area contributed by atoms with Crippen molar-refractivity contribution in [2.45, 2.75) is 19.9 Å². The zero-order valence-corrected chi connectivity index (χ0v) is 12.8. The molecule has 1 heterocycles. The lowest BCUT2D eigenvalue weighted by Crippen LogP contribution is -2.24. The molecule has 0 aliphatic rings. The molecular formula is C14H12ClN2O3S-. The van der Waals surface area contributed by atoms with E-state index in [0.29, 0.717) is 22.3 Å². The molecule has 110 valence electrons. The highest BCUT2D eigenvalue weighted by Crippen LogP contribution is 2.17. The SMILES string of the molecule is Cc1nc(CC(=O)NCc2ccc(Cl)cc2)sc1C(=O)[O-]. The van der Waals surface area contributed by atoms with Gasteiger partial charge in [-0.05, 0) is 24.6 Å². The summed E-state index contributed by atoms with van der Waals surface area (Å²) < 4.78 is 0. The van der Waals surface area contributed by atoms with Crippen LogP contribution in [0.25, 0.3) is 0 Å². The fraction of sp³-hybridized carbons (Fsp3) is 0.214. The molecule has 0 unspecified atom stereocenters. The number of hydrogen-bond acceptors (Lipinski definition) is 5. The maximum absolute atomic E-state index is 11.8. The third kappa shape index (κ3) is 4.27. The number of aromatic nitrogens is 1. The summed E-state index contributed by atoms with van der Waals surface area (Å²) >= 11 is 6.75. The molecule has 1 N–H and O–H groups in total. The molecule has 1 aromatic heterocycles. The van der Waals surface area contributed by atoms with Crippen LogP contribution in [0.3, 0.4) is 0 Å². The molecule has 7 heteroatoms. The Labute approximate surface area is 130 Å². The number of benzene rings is 1. The van der Waals surface area contributed by atoms with Crippen molar-refractivity contribution >= 4 is 34.8 Å². The van der Waals surface area contributed by atoms with Gasteiger partial charge in [0.15, 0.2) is 0 Å². The molecule has 0 aliphatic carbocycles. The zero-order valence-electron chi connectivity index (χ0n) is 11.2. The van der Waals surface area contributed by atoms with Gasteiger partial charge in [-0.25, -0.2) is 4.98 Å². The molecule has 0 saturated heterocycles. The minimum absolute atomic E-state index is 0.0480. The molecule has 0 aliphatic heterocycles. The average molecular weight is 324 g/mol. The standard InChI is InChI=1S/C14H13ClN2O3S/c1-8-13(14(19)20)21-12(17-8)6-11(18)16-7-9-2-4-10(15)5-3-9/h2-5H,6-7H2,1H3,(H,16,18)(H,19,20)/p-1. The van der Waals surface area contributed by atoms with E-state index < -0.39 is 5.97 Å². The Bertz CT molecular complexity index is 667. The summed E-state index contributed by atoms with van der Waals surface area (Å²) in [5.41, 5.74) is 1.30. The second kappa shape index (κ2) is 6.69. The Balaban J connectivity index is 1.91. The van der Waals surface area contributed by atoms with E-state index in [1.54, 1.807) is 19.1 Å². The highest BCUT2D eigenvalue weighted by Gasteiger charge is 2.11. The summed E-state index contributed by atoms with van der Waals surface area (Å²) in [5, 5.41) is 14.6. The van der Waals surface area contributed by atoms with Crippen molar-refractivity contribution in [1.82, 2.24) is 10.3 Å². The minimum Gasteiger partial charge on any atom is -0.544 e. The van der Waals surface area contributed by atoms with E-state index in [-0.39, 0.29) is 17.2 Å². The Morgan fingerprint density at radius 1 is 1.33 bits per heavy atom. The number of carboxylic acid groups (broad SMARTS) is 1. The fourth-order valence-electron chi connectivity index (χ4n) is 1.72. The van der Waals surface area contributed by atoms with Crippen LogP contribution in [-0.2, 0) is 17.8 Å². The van der Waals surface area contributed by atoms with Crippen LogP contribution < -0.4 is 10.4 Å². The first kappa shape index (κ1) is 15.5. The summed E-state index contributed by atoms with van der Waals surface area (Å²) in [6.45, 7) is 1.96. The van der Waals surface area contributed by atoms with Gasteiger partial charge in [-0.3, -0.25) is 4.79 Å². The molecule has 0 atom stereocenters. The number of nitrogens with zero attached hydrogens (tertiary/aromatic N) is 1. The molecule has 5 nitrogen and oxygen atoms in total. The van der Waals surface area contributed by atoms with Crippen LogP contribution in [0.15, 0.2) is 24.3 Å². The van der Waals surface area contributed by atoms with E-state index in [4.69, 9.17) is 11.6 Å². The van der Waals surface area contributed by atoms with E-state index in [1.165, 1.54) is 0 Å². The third-order valence-electron chi connectivity index (χ3n) is 2.74. The van der Waals surface area contributed by atoms with Crippen molar-refractivity contribution in [3.8, 4) is 0 Å². The van der Waals surface area contributed by atoms with Gasteiger partial charge in [-0.2, -0.15) is 0 Å². The molecule has 21 heavy (non-hydrogen) atoms. The lowest BCUT2D eigenvalue weighted by Gasteiger charge is -2.04. The van der Waals surface area contributed by atoms with Gasteiger partial charge in [0.05, 0.1) is 23.0 Å². The van der Waals surface area contributed by atoms with Gasteiger partial charge >= 0.3 is 0 Å². The van der Waals surface area contributed by atoms with Crippen LogP contribution in [0.4, 0.5) is 0 Å². The Hall–Kier alpha value is -1.92. The van der Waals surface area contributed by atoms with Crippen molar-refractivity contribution < 1.29 is 14.7 Å². The Morgan fingerprint density at radius 2 is 2.00 bits per heavy atom. The minimum atomic E-state index is -1.27. The lowest BCUT2D eigenvalue weighted by atomic mass is 10.2. The lowest BCUT2D eigenvalue weighted by molar-refractivity contribution is -0.254. The maximum atomic E-state index is 11.8. The molecule has 0 saturated carbocycles. The molecular weight excluding hydrogens is 312 g/mol. The van der Waals surface area contributed by atoms with Gasteiger partial charge in [0.2, 0.25) is 5.91 Å². The number of carbonyl (C=O) groups excluding carboxylic acids is 2. The summed E-state index contributed by atoms with van der Waals surface area (Å²) in [5.74, 6) is -1.48. The molecule has 1 aromatic carbocycles. The number of hydrogen-bond donors (Lipinski definition) is 1. The smallest absolute Gasteiger partial charge is 0.227 e. The predicted molar refractivity (Wildman–Crippen MR) is 78.2 cm³/mol. The van der Waals surface area contributed by atoms with Crippen molar-refractivity contribution in [2.75, 3.05) is 0 Å². The first-order chi connectivity index (χ1) is 9.95. The van der Waals surface area contributed by atoms with Crippen LogP contribution in [0.2, 0.25) is 5.02 Å². The Morgan fingerprint density at radius 3 is 2.57 bits per heavy atom. The van der Waals surface area contributed by atoms with E-state index >= 15 is 0 Å². The second-order valence-corrected chi connectivity index (χ2v) is 5.91. The quantitative estimate of drug-likeness (QED) is 0.900. The van der Waals surface area contributed by atoms with Gasteiger partial charge < -0.3 is 15.2 Å². The normalized spacial score (nSPS) is 10.4. The maximum Gasteiger partial charge on any atom is 0.227 e. The number of aryl methyl sites for hydroxylation is 1. The van der Waals surface area contributed by atoms with Gasteiger partial charge in [0, 0.05) is 11.6 Å². The Kier molecular flexibility index (Phi) is 4.93. The van der Waals surface area contributed by atoms with Crippen LogP contribution in [0.5, 0.6) is 0 Å². The number of thiazole rings is 1. The molecule has 0 fully saturated rings. The molecule has 0 spiro atoms. The van der Waals surface area contributed by atoms with E-state index in [9.17, 15) is 14.7 Å². The summed E-state index contributed by atoms with van der Waals surface area (Å²) in [7, 11) is 0. The van der Waals surface area contributed by atoms with Crippen molar-refractivity contribution in [3.05, 3.63) is 50.4 Å². The van der Waals surface area contributed by atoms with Gasteiger partial charge in [0.1, 0.15) is 5.01 Å². The average Bonchev–Trinajstić information content (AvgIpc) is 2.79. The van der Waals surface area contributed by atoms with E-state index in [2.05, 4.69) is 10.3 Å². The van der Waals surface area contributed by atoms with Crippen molar-refractivity contribution in [3.63, 3.8) is 0 Å². The van der Waals surface area contributed by atoms with Crippen LogP contribution in [-0.4, -0.2) is 16.9 Å². The number of rotatable bonds is 5. The van der Waals surface area contributed by atoms with Crippen LogP contribution in [0, 0.1) is 6.92 Å². The molecule has 2 rings (SSSR count). The van der Waals surface area contributed by atoms with Crippen molar-refractivity contribution in [1.29, 1.82) is 0 Å². The van der Waals surface area contributed by atoms with Crippen LogP contribution >= 0.6 is 22.9 Å². The number of amides is 1. The van der Waals surface area contributed by atoms with Crippen molar-refractivity contribution in [2.24, 2.45) is 0 Å². The molecule has 1 amide bonds. The van der Waals surface area contributed by atoms with Gasteiger partial charge in [-0.1, -0.05) is 23.7 Å².